The van der Waals surface area contributed by atoms with Gasteiger partial charge in [0.25, 0.3) is 0 Å². The molecule has 5 rings (SSSR count). The van der Waals surface area contributed by atoms with Crippen molar-refractivity contribution >= 4 is 43.9 Å². The van der Waals surface area contributed by atoms with E-state index in [0.717, 1.165) is 25.6 Å². The van der Waals surface area contributed by atoms with Crippen LogP contribution in [0.5, 0.6) is 0 Å². The van der Waals surface area contributed by atoms with Gasteiger partial charge in [0.2, 0.25) is 0 Å². The van der Waals surface area contributed by atoms with Gasteiger partial charge in [0.05, 0.1) is 5.92 Å². The first-order chi connectivity index (χ1) is 15.9. The maximum absolute atomic E-state index is 13.0. The maximum Gasteiger partial charge on any atom is 0.409 e. The van der Waals surface area contributed by atoms with Crippen LogP contribution < -0.4 is 0 Å². The number of rotatable bonds is 4. The number of halogens is 2. The highest BCUT2D eigenvalue weighted by atomic mass is 79.9. The quantitative estimate of drug-likeness (QED) is 0.402. The molecular formula is C26H21Br2NO4. The number of carboxylic acids is 1. The average molecular weight is 571 g/mol. The van der Waals surface area contributed by atoms with Crippen molar-refractivity contribution in [2.75, 3.05) is 19.7 Å². The summed E-state index contributed by atoms with van der Waals surface area (Å²) in [4.78, 5) is 26.5. The Labute approximate surface area is 208 Å². The Morgan fingerprint density at radius 2 is 1.48 bits per heavy atom. The van der Waals surface area contributed by atoms with Crippen LogP contribution >= 0.6 is 31.9 Å². The zero-order valence-corrected chi connectivity index (χ0v) is 20.8. The predicted octanol–water partition coefficient (Wildman–Crippen LogP) is 6.26. The van der Waals surface area contributed by atoms with Crippen molar-refractivity contribution in [2.24, 2.45) is 5.92 Å². The van der Waals surface area contributed by atoms with E-state index in [0.29, 0.717) is 6.54 Å². The minimum Gasteiger partial charge on any atom is -0.481 e. The number of nitrogens with zero attached hydrogens (tertiary/aromatic N) is 1. The van der Waals surface area contributed by atoms with E-state index in [9.17, 15) is 14.7 Å². The number of hydrogen-bond donors (Lipinski definition) is 1. The van der Waals surface area contributed by atoms with E-state index in [-0.39, 0.29) is 25.0 Å². The van der Waals surface area contributed by atoms with Gasteiger partial charge < -0.3 is 14.7 Å². The van der Waals surface area contributed by atoms with Gasteiger partial charge in [-0.25, -0.2) is 4.79 Å². The van der Waals surface area contributed by atoms with E-state index in [1.54, 1.807) is 0 Å². The Bertz CT molecular complexity index is 1180. The van der Waals surface area contributed by atoms with Crippen LogP contribution in [0.25, 0.3) is 11.1 Å². The Morgan fingerprint density at radius 1 is 0.909 bits per heavy atom. The molecule has 5 nitrogen and oxygen atoms in total. The first-order valence-corrected chi connectivity index (χ1v) is 12.3. The number of carboxylic acid groups (broad SMARTS) is 1. The third kappa shape index (κ3) is 4.20. The molecule has 1 aliphatic heterocycles. The second-order valence-electron chi connectivity index (χ2n) is 8.46. The molecule has 1 N–H and O–H groups in total. The summed E-state index contributed by atoms with van der Waals surface area (Å²) in [5, 5.41) is 9.80. The number of carbonyl (C=O) groups is 2. The summed E-state index contributed by atoms with van der Waals surface area (Å²) in [6, 6.07) is 22.1. The molecule has 1 saturated heterocycles. The Hall–Kier alpha value is -2.64. The monoisotopic (exact) mass is 569 g/mol. The number of hydrogen-bond acceptors (Lipinski definition) is 3. The van der Waals surface area contributed by atoms with Gasteiger partial charge in [-0.3, -0.25) is 4.79 Å². The van der Waals surface area contributed by atoms with Crippen molar-refractivity contribution in [1.82, 2.24) is 4.90 Å². The molecule has 0 radical (unpaired) electrons. The maximum atomic E-state index is 13.0. The molecule has 33 heavy (non-hydrogen) atoms. The van der Waals surface area contributed by atoms with E-state index >= 15 is 0 Å². The molecular weight excluding hydrogens is 550 g/mol. The van der Waals surface area contributed by atoms with E-state index in [1.165, 1.54) is 16.0 Å². The Morgan fingerprint density at radius 3 is 2.06 bits per heavy atom. The van der Waals surface area contributed by atoms with Crippen molar-refractivity contribution in [3.05, 3.63) is 92.4 Å². The molecule has 2 atom stereocenters. The highest BCUT2D eigenvalue weighted by Gasteiger charge is 2.41. The van der Waals surface area contributed by atoms with Crippen LogP contribution in [-0.4, -0.2) is 41.8 Å². The summed E-state index contributed by atoms with van der Waals surface area (Å²) in [7, 11) is 0. The number of fused-ring (bicyclic) bond motifs is 3. The van der Waals surface area contributed by atoms with Crippen LogP contribution in [0.2, 0.25) is 0 Å². The molecule has 3 aromatic carbocycles. The number of amides is 1. The Balaban J connectivity index is 1.33. The van der Waals surface area contributed by atoms with Crippen LogP contribution in [0.1, 0.15) is 28.5 Å². The number of carbonyl (C=O) groups excluding carboxylic acids is 1. The summed E-state index contributed by atoms with van der Waals surface area (Å²) in [5.41, 5.74) is 5.50. The molecule has 0 spiro atoms. The average Bonchev–Trinajstić information content (AvgIpc) is 3.38. The molecule has 7 heteroatoms. The number of likely N-dealkylation sites (tertiary alicyclic amines) is 1. The standard InChI is InChI=1S/C26H21Br2NO4/c27-16-9-15(10-17(28)11-16)22-12-29(13-23(22)25(30)31)26(32)33-14-24-20-7-3-1-5-18(20)19-6-2-4-8-21(19)24/h1-11,22-24H,12-14H2,(H,30,31)/t22-,23+/m0/s1. The molecule has 168 valence electrons. The van der Waals surface area contributed by atoms with Gasteiger partial charge in [-0.1, -0.05) is 80.4 Å². The van der Waals surface area contributed by atoms with Gasteiger partial charge >= 0.3 is 12.1 Å². The van der Waals surface area contributed by atoms with Gasteiger partial charge in [0, 0.05) is 33.9 Å². The fourth-order valence-electron chi connectivity index (χ4n) is 5.02. The van der Waals surface area contributed by atoms with Crippen LogP contribution in [0.15, 0.2) is 75.7 Å². The summed E-state index contributed by atoms with van der Waals surface area (Å²) < 4.78 is 7.47. The smallest absolute Gasteiger partial charge is 0.409 e. The number of benzene rings is 3. The van der Waals surface area contributed by atoms with Crippen LogP contribution in [0, 0.1) is 5.92 Å². The van der Waals surface area contributed by atoms with Crippen molar-refractivity contribution < 1.29 is 19.4 Å². The van der Waals surface area contributed by atoms with Crippen molar-refractivity contribution in [3.63, 3.8) is 0 Å². The lowest BCUT2D eigenvalue weighted by molar-refractivity contribution is -0.141. The molecule has 1 amide bonds. The third-order valence-electron chi connectivity index (χ3n) is 6.54. The van der Waals surface area contributed by atoms with Crippen LogP contribution in [0.3, 0.4) is 0 Å². The van der Waals surface area contributed by atoms with Gasteiger partial charge in [-0.2, -0.15) is 0 Å². The van der Waals surface area contributed by atoms with Crippen LogP contribution in [0.4, 0.5) is 4.79 Å². The van der Waals surface area contributed by atoms with E-state index < -0.39 is 18.0 Å². The molecule has 1 heterocycles. The minimum atomic E-state index is -0.912. The molecule has 1 aliphatic carbocycles. The van der Waals surface area contributed by atoms with Gasteiger partial charge in [-0.05, 0) is 46.0 Å². The van der Waals surface area contributed by atoms with E-state index in [4.69, 9.17) is 4.74 Å². The molecule has 0 aromatic heterocycles. The van der Waals surface area contributed by atoms with Crippen molar-refractivity contribution in [3.8, 4) is 11.1 Å². The van der Waals surface area contributed by atoms with Crippen molar-refractivity contribution in [2.45, 2.75) is 11.8 Å². The fraction of sp³-hybridized carbons (Fsp3) is 0.231. The number of aliphatic carboxylic acids is 1. The van der Waals surface area contributed by atoms with Gasteiger partial charge in [-0.15, -0.1) is 0 Å². The van der Waals surface area contributed by atoms with E-state index in [2.05, 4.69) is 56.1 Å². The predicted molar refractivity (Wildman–Crippen MR) is 132 cm³/mol. The highest BCUT2D eigenvalue weighted by molar-refractivity contribution is 9.11. The van der Waals surface area contributed by atoms with Gasteiger partial charge in [0.1, 0.15) is 6.61 Å². The zero-order chi connectivity index (χ0) is 23.1. The summed E-state index contributed by atoms with van der Waals surface area (Å²) in [5.74, 6) is -1.94. The summed E-state index contributed by atoms with van der Waals surface area (Å²) in [6.45, 7) is 0.644. The molecule has 0 bridgehead atoms. The molecule has 3 aromatic rings. The second-order valence-corrected chi connectivity index (χ2v) is 10.3. The second kappa shape index (κ2) is 8.95. The molecule has 0 saturated carbocycles. The molecule has 1 fully saturated rings. The summed E-state index contributed by atoms with van der Waals surface area (Å²) >= 11 is 6.94. The van der Waals surface area contributed by atoms with Crippen LogP contribution in [-0.2, 0) is 9.53 Å². The largest absolute Gasteiger partial charge is 0.481 e. The lowest BCUT2D eigenvalue weighted by Crippen LogP contribution is -2.31. The SMILES string of the molecule is O=C(O)[C@@H]1CN(C(=O)OCC2c3ccccc3-c3ccccc32)C[C@H]1c1cc(Br)cc(Br)c1. The highest BCUT2D eigenvalue weighted by Crippen LogP contribution is 2.44. The first kappa shape index (κ1) is 22.2. The molecule has 0 unspecified atom stereocenters. The lowest BCUT2D eigenvalue weighted by atomic mass is 9.89. The fourth-order valence-corrected chi connectivity index (χ4v) is 6.34. The van der Waals surface area contributed by atoms with E-state index in [1.807, 2.05) is 42.5 Å². The molecule has 2 aliphatic rings. The topological polar surface area (TPSA) is 66.8 Å². The lowest BCUT2D eigenvalue weighted by Gasteiger charge is -2.19. The summed E-state index contributed by atoms with van der Waals surface area (Å²) in [6.07, 6.45) is -0.473. The zero-order valence-electron chi connectivity index (χ0n) is 17.6. The number of ether oxygens (including phenoxy) is 1. The minimum absolute atomic E-state index is 0.0314. The van der Waals surface area contributed by atoms with Crippen molar-refractivity contribution in [1.29, 1.82) is 0 Å². The van der Waals surface area contributed by atoms with Gasteiger partial charge in [0.15, 0.2) is 0 Å². The normalized spacial score (nSPS) is 19.3. The first-order valence-electron chi connectivity index (χ1n) is 10.7. The Kier molecular flexibility index (Phi) is 6.01. The third-order valence-corrected chi connectivity index (χ3v) is 7.46.